The number of phenolic OH excluding ortho intramolecular Hbond substituents is 1. The first-order valence-electron chi connectivity index (χ1n) is 7.24. The van der Waals surface area contributed by atoms with Gasteiger partial charge in [0.2, 0.25) is 0 Å². The maximum Gasteiger partial charge on any atom is 0.433 e. The maximum atomic E-state index is 12.8. The van der Waals surface area contributed by atoms with Gasteiger partial charge in [0.1, 0.15) is 5.75 Å². The fourth-order valence-corrected chi connectivity index (χ4v) is 1.95. The van der Waals surface area contributed by atoms with Crippen LogP contribution in [0.3, 0.4) is 0 Å². The van der Waals surface area contributed by atoms with Crippen molar-refractivity contribution in [1.29, 1.82) is 0 Å². The molecule has 0 fully saturated rings. The second kappa shape index (κ2) is 8.06. The monoisotopic (exact) mass is 365 g/mol. The van der Waals surface area contributed by atoms with Crippen LogP contribution in [-0.2, 0) is 6.18 Å². The van der Waals surface area contributed by atoms with Crippen molar-refractivity contribution in [3.63, 3.8) is 0 Å². The van der Waals surface area contributed by atoms with Gasteiger partial charge in [-0.2, -0.15) is 13.2 Å². The zero-order chi connectivity index (χ0) is 19.2. The molecule has 9 heteroatoms. The van der Waals surface area contributed by atoms with Gasteiger partial charge in [0, 0.05) is 6.07 Å². The Morgan fingerprint density at radius 2 is 1.54 bits per heavy atom. The lowest BCUT2D eigenvalue weighted by molar-refractivity contribution is -0.142. The molecule has 3 aromatic rings. The van der Waals surface area contributed by atoms with Crippen molar-refractivity contribution in [1.82, 2.24) is 9.78 Å². The van der Waals surface area contributed by atoms with Gasteiger partial charge < -0.3 is 10.2 Å². The quantitative estimate of drug-likeness (QED) is 0.629. The van der Waals surface area contributed by atoms with Crippen LogP contribution in [0.2, 0.25) is 0 Å². The van der Waals surface area contributed by atoms with Crippen LogP contribution in [0.4, 0.5) is 23.8 Å². The highest BCUT2D eigenvalue weighted by molar-refractivity contribution is 5.81. The van der Waals surface area contributed by atoms with Crippen molar-refractivity contribution in [2.24, 2.45) is 0 Å². The molecule has 3 rings (SSSR count). The number of halogens is 3. The Labute approximate surface area is 146 Å². The van der Waals surface area contributed by atoms with Gasteiger partial charge in [0.15, 0.2) is 11.5 Å². The first-order valence-corrected chi connectivity index (χ1v) is 7.24. The van der Waals surface area contributed by atoms with Gasteiger partial charge in [0.25, 0.3) is 0 Å². The van der Waals surface area contributed by atoms with Crippen LogP contribution in [0.25, 0.3) is 5.69 Å². The summed E-state index contributed by atoms with van der Waals surface area (Å²) in [5.41, 5.74) is -0.865. The summed E-state index contributed by atoms with van der Waals surface area (Å²) in [7, 11) is 0. The first-order chi connectivity index (χ1) is 12.3. The molecule has 0 radical (unpaired) electrons. The maximum absolute atomic E-state index is 12.8. The molecule has 0 spiro atoms. The minimum atomic E-state index is -4.64. The molecule has 0 unspecified atom stereocenters. The molecular formula is C17H14F3N3O3. The number of nitrogens with zero attached hydrogens (tertiary/aromatic N) is 2. The van der Waals surface area contributed by atoms with Crippen molar-refractivity contribution in [3.8, 4) is 11.4 Å². The molecule has 0 bridgehead atoms. The Morgan fingerprint density at radius 1 is 1.00 bits per heavy atom. The zero-order valence-corrected chi connectivity index (χ0v) is 13.2. The van der Waals surface area contributed by atoms with E-state index >= 15 is 0 Å². The van der Waals surface area contributed by atoms with Crippen LogP contribution < -0.4 is 5.32 Å². The first kappa shape index (κ1) is 18.8. The highest BCUT2D eigenvalue weighted by Crippen LogP contribution is 2.32. The minimum Gasteiger partial charge on any atom is -0.508 e. The normalized spacial score (nSPS) is 10.6. The van der Waals surface area contributed by atoms with Gasteiger partial charge >= 0.3 is 12.3 Å². The minimum absolute atomic E-state index is 0.188. The Morgan fingerprint density at radius 3 is 1.96 bits per heavy atom. The number of anilines is 1. The lowest BCUT2D eigenvalue weighted by atomic mass is 10.3. The summed E-state index contributed by atoms with van der Waals surface area (Å²) in [5, 5.41) is 22.5. The van der Waals surface area contributed by atoms with Crippen LogP contribution in [0, 0.1) is 0 Å². The van der Waals surface area contributed by atoms with Crippen molar-refractivity contribution >= 4 is 11.9 Å². The largest absolute Gasteiger partial charge is 0.508 e. The molecule has 0 aliphatic rings. The van der Waals surface area contributed by atoms with Gasteiger partial charge in [-0.05, 0) is 24.3 Å². The number of hydrogen-bond donors (Lipinski definition) is 3. The van der Waals surface area contributed by atoms with Gasteiger partial charge in [0.05, 0.1) is 5.69 Å². The standard InChI is InChI=1S/C11H8F3N3O2.C6H6O/c12-11(13,14)8-6-9(15-10(18)19)16-17(8)7-4-2-1-3-5-7;7-6-4-2-1-3-5-6/h1-6H,(H,15,16)(H,18,19);1-5,7H. The van der Waals surface area contributed by atoms with E-state index in [4.69, 9.17) is 10.2 Å². The van der Waals surface area contributed by atoms with Crippen molar-refractivity contribution in [2.75, 3.05) is 5.32 Å². The van der Waals surface area contributed by atoms with E-state index in [1.807, 2.05) is 6.07 Å². The molecule has 136 valence electrons. The number of benzene rings is 2. The second-order valence-electron chi connectivity index (χ2n) is 4.93. The summed E-state index contributed by atoms with van der Waals surface area (Å²) in [6.45, 7) is 0. The zero-order valence-electron chi connectivity index (χ0n) is 13.2. The van der Waals surface area contributed by atoms with E-state index in [0.717, 1.165) is 0 Å². The van der Waals surface area contributed by atoms with E-state index in [2.05, 4.69) is 5.10 Å². The average molecular weight is 365 g/mol. The Kier molecular flexibility index (Phi) is 5.84. The number of alkyl halides is 3. The number of amides is 1. The molecule has 0 saturated carbocycles. The molecular weight excluding hydrogens is 351 g/mol. The topological polar surface area (TPSA) is 87.4 Å². The summed E-state index contributed by atoms with van der Waals surface area (Å²) in [5.74, 6) is -0.0637. The SMILES string of the molecule is O=C(O)Nc1cc(C(F)(F)F)n(-c2ccccc2)n1.Oc1ccccc1. The van der Waals surface area contributed by atoms with Crippen LogP contribution in [0.5, 0.6) is 5.75 Å². The molecule has 0 atom stereocenters. The smallest absolute Gasteiger partial charge is 0.433 e. The number of phenols is 1. The molecule has 0 saturated heterocycles. The summed E-state index contributed by atoms with van der Waals surface area (Å²) in [6, 6.07) is 17.0. The molecule has 26 heavy (non-hydrogen) atoms. The number of carboxylic acid groups (broad SMARTS) is 1. The van der Waals surface area contributed by atoms with Gasteiger partial charge in [-0.15, -0.1) is 5.10 Å². The van der Waals surface area contributed by atoms with E-state index in [1.165, 1.54) is 12.1 Å². The Bertz CT molecular complexity index is 850. The third kappa shape index (κ3) is 5.26. The molecule has 1 heterocycles. The van der Waals surface area contributed by atoms with Crippen LogP contribution >= 0.6 is 0 Å². The van der Waals surface area contributed by atoms with Gasteiger partial charge in [-0.1, -0.05) is 36.4 Å². The van der Waals surface area contributed by atoms with Crippen molar-refractivity contribution in [2.45, 2.75) is 6.18 Å². The molecule has 2 aromatic carbocycles. The van der Waals surface area contributed by atoms with Crippen LogP contribution in [0.15, 0.2) is 66.7 Å². The van der Waals surface area contributed by atoms with Crippen LogP contribution in [-0.4, -0.2) is 26.1 Å². The predicted octanol–water partition coefficient (Wildman–Crippen LogP) is 4.37. The number of aromatic nitrogens is 2. The number of para-hydroxylation sites is 2. The van der Waals surface area contributed by atoms with Crippen molar-refractivity contribution in [3.05, 3.63) is 72.4 Å². The third-order valence-electron chi connectivity index (χ3n) is 2.99. The van der Waals surface area contributed by atoms with E-state index in [9.17, 15) is 18.0 Å². The number of carbonyl (C=O) groups is 1. The van der Waals surface area contributed by atoms with E-state index < -0.39 is 18.0 Å². The summed E-state index contributed by atoms with van der Waals surface area (Å²) in [4.78, 5) is 10.4. The number of aromatic hydroxyl groups is 1. The predicted molar refractivity (Wildman–Crippen MR) is 88.3 cm³/mol. The lowest BCUT2D eigenvalue weighted by Gasteiger charge is -2.09. The average Bonchev–Trinajstić information content (AvgIpc) is 3.00. The van der Waals surface area contributed by atoms with E-state index in [1.54, 1.807) is 47.8 Å². The molecule has 0 aliphatic heterocycles. The van der Waals surface area contributed by atoms with Gasteiger partial charge in [-0.3, -0.25) is 5.32 Å². The molecule has 1 amide bonds. The number of rotatable bonds is 2. The highest BCUT2D eigenvalue weighted by atomic mass is 19.4. The number of hydrogen-bond acceptors (Lipinski definition) is 3. The number of nitrogens with one attached hydrogen (secondary N) is 1. The summed E-state index contributed by atoms with van der Waals surface area (Å²) < 4.78 is 39.2. The third-order valence-corrected chi connectivity index (χ3v) is 2.99. The molecule has 3 N–H and O–H groups in total. The molecule has 0 aliphatic carbocycles. The summed E-state index contributed by atoms with van der Waals surface area (Å²) >= 11 is 0. The fourth-order valence-electron chi connectivity index (χ4n) is 1.95. The van der Waals surface area contributed by atoms with E-state index in [-0.39, 0.29) is 11.5 Å². The van der Waals surface area contributed by atoms with Crippen molar-refractivity contribution < 1.29 is 28.2 Å². The summed E-state index contributed by atoms with van der Waals surface area (Å²) in [6.07, 6.45) is -6.12. The molecule has 1 aromatic heterocycles. The highest BCUT2D eigenvalue weighted by Gasteiger charge is 2.36. The Hall–Kier alpha value is -3.49. The van der Waals surface area contributed by atoms with Crippen LogP contribution in [0.1, 0.15) is 5.69 Å². The fraction of sp³-hybridized carbons (Fsp3) is 0.0588. The molecule has 6 nitrogen and oxygen atoms in total. The Balaban J connectivity index is 0.000000290. The van der Waals surface area contributed by atoms with E-state index in [0.29, 0.717) is 16.5 Å². The lowest BCUT2D eigenvalue weighted by Crippen LogP contribution is -2.13. The second-order valence-corrected chi connectivity index (χ2v) is 4.93. The van der Waals surface area contributed by atoms with Gasteiger partial charge in [-0.25, -0.2) is 9.48 Å².